The van der Waals surface area contributed by atoms with E-state index in [0.717, 1.165) is 30.6 Å². The third-order valence-corrected chi connectivity index (χ3v) is 5.65. The minimum absolute atomic E-state index is 0.0443. The van der Waals surface area contributed by atoms with E-state index in [-0.39, 0.29) is 5.92 Å². The second kappa shape index (κ2) is 7.31. The van der Waals surface area contributed by atoms with Crippen molar-refractivity contribution in [2.45, 2.75) is 77.6 Å². The number of aliphatic carboxylic acids is 1. The molecule has 110 valence electrons. The molecular formula is C17H30O2. The monoisotopic (exact) mass is 266 g/mol. The van der Waals surface area contributed by atoms with Crippen molar-refractivity contribution in [2.24, 2.45) is 23.7 Å². The Kier molecular flexibility index (Phi) is 5.72. The fourth-order valence-corrected chi connectivity index (χ4v) is 4.28. The minimum atomic E-state index is -0.568. The van der Waals surface area contributed by atoms with Crippen molar-refractivity contribution in [3.63, 3.8) is 0 Å². The largest absolute Gasteiger partial charge is 0.481 e. The topological polar surface area (TPSA) is 37.3 Å². The van der Waals surface area contributed by atoms with Crippen molar-refractivity contribution in [3.05, 3.63) is 0 Å². The molecule has 2 rings (SSSR count). The lowest BCUT2D eigenvalue weighted by Gasteiger charge is -2.37. The van der Waals surface area contributed by atoms with Crippen LogP contribution in [0.3, 0.4) is 0 Å². The van der Waals surface area contributed by atoms with Crippen LogP contribution in [0, 0.1) is 23.7 Å². The molecule has 0 unspecified atom stereocenters. The SMILES string of the molecule is CCCC[C@H]1CC[C@H]([C@H]2CC[C@H](C(=O)O)CC2)CC1. The minimum Gasteiger partial charge on any atom is -0.481 e. The van der Waals surface area contributed by atoms with Gasteiger partial charge in [-0.25, -0.2) is 0 Å². The Morgan fingerprint density at radius 1 is 0.947 bits per heavy atom. The molecule has 0 spiro atoms. The predicted octanol–water partition coefficient (Wildman–Crippen LogP) is 4.87. The molecule has 2 fully saturated rings. The standard InChI is InChI=1S/C17H30O2/c1-2-3-4-13-5-7-14(8-6-13)15-9-11-16(12-10-15)17(18)19/h13-16H,2-12H2,1H3,(H,18,19)/t13-,14-,15-,16-. The third-order valence-electron chi connectivity index (χ3n) is 5.65. The van der Waals surface area contributed by atoms with Crippen LogP contribution >= 0.6 is 0 Å². The van der Waals surface area contributed by atoms with E-state index in [1.807, 2.05) is 0 Å². The van der Waals surface area contributed by atoms with Gasteiger partial charge >= 0.3 is 5.97 Å². The van der Waals surface area contributed by atoms with Crippen LogP contribution in [0.25, 0.3) is 0 Å². The summed E-state index contributed by atoms with van der Waals surface area (Å²) >= 11 is 0. The number of carboxylic acids is 1. The van der Waals surface area contributed by atoms with Gasteiger partial charge in [0.15, 0.2) is 0 Å². The molecule has 0 aromatic carbocycles. The van der Waals surface area contributed by atoms with Gasteiger partial charge in [-0.3, -0.25) is 4.79 Å². The van der Waals surface area contributed by atoms with Crippen LogP contribution in [0.5, 0.6) is 0 Å². The zero-order chi connectivity index (χ0) is 13.7. The molecule has 2 aliphatic rings. The molecule has 0 aromatic heterocycles. The summed E-state index contributed by atoms with van der Waals surface area (Å²) in [5.74, 6) is 2.13. The van der Waals surface area contributed by atoms with Crippen molar-refractivity contribution in [1.82, 2.24) is 0 Å². The summed E-state index contributed by atoms with van der Waals surface area (Å²) in [7, 11) is 0. The molecule has 0 aliphatic heterocycles. The summed E-state index contributed by atoms with van der Waals surface area (Å²) < 4.78 is 0. The van der Waals surface area contributed by atoms with Crippen LogP contribution in [0.4, 0.5) is 0 Å². The molecule has 2 heteroatoms. The second-order valence-electron chi connectivity index (χ2n) is 6.87. The van der Waals surface area contributed by atoms with E-state index in [0.29, 0.717) is 0 Å². The first kappa shape index (κ1) is 14.9. The third kappa shape index (κ3) is 4.22. The number of unbranched alkanes of at least 4 members (excludes halogenated alkanes) is 1. The molecule has 2 aliphatic carbocycles. The molecule has 0 heterocycles. The van der Waals surface area contributed by atoms with E-state index >= 15 is 0 Å². The number of rotatable bonds is 5. The van der Waals surface area contributed by atoms with E-state index in [1.54, 1.807) is 0 Å². The fourth-order valence-electron chi connectivity index (χ4n) is 4.28. The summed E-state index contributed by atoms with van der Waals surface area (Å²) in [6, 6.07) is 0. The zero-order valence-corrected chi connectivity index (χ0v) is 12.4. The van der Waals surface area contributed by atoms with Crippen LogP contribution in [-0.4, -0.2) is 11.1 Å². The van der Waals surface area contributed by atoms with E-state index < -0.39 is 5.97 Å². The van der Waals surface area contributed by atoms with Crippen molar-refractivity contribution >= 4 is 5.97 Å². The molecular weight excluding hydrogens is 236 g/mol. The van der Waals surface area contributed by atoms with Gasteiger partial charge in [0, 0.05) is 0 Å². The Labute approximate surface area is 118 Å². The van der Waals surface area contributed by atoms with Crippen molar-refractivity contribution < 1.29 is 9.90 Å². The van der Waals surface area contributed by atoms with E-state index in [1.165, 1.54) is 57.8 Å². The van der Waals surface area contributed by atoms with Crippen molar-refractivity contribution in [1.29, 1.82) is 0 Å². The van der Waals surface area contributed by atoms with Gasteiger partial charge in [0.1, 0.15) is 0 Å². The first-order valence-electron chi connectivity index (χ1n) is 8.43. The van der Waals surface area contributed by atoms with E-state index in [9.17, 15) is 4.79 Å². The molecule has 19 heavy (non-hydrogen) atoms. The van der Waals surface area contributed by atoms with Crippen LogP contribution in [0.1, 0.15) is 77.6 Å². The molecule has 0 bridgehead atoms. The summed E-state index contributed by atoms with van der Waals surface area (Å²) in [6.07, 6.45) is 14.1. The zero-order valence-electron chi connectivity index (χ0n) is 12.4. The van der Waals surface area contributed by atoms with Gasteiger partial charge in [-0.15, -0.1) is 0 Å². The lowest BCUT2D eigenvalue weighted by Crippen LogP contribution is -2.28. The molecule has 2 nitrogen and oxygen atoms in total. The first-order chi connectivity index (χ1) is 9.20. The highest BCUT2D eigenvalue weighted by atomic mass is 16.4. The summed E-state index contributed by atoms with van der Waals surface area (Å²) in [4.78, 5) is 11.0. The van der Waals surface area contributed by atoms with Gasteiger partial charge in [-0.1, -0.05) is 39.0 Å². The maximum absolute atomic E-state index is 11.0. The van der Waals surface area contributed by atoms with E-state index in [4.69, 9.17) is 5.11 Å². The van der Waals surface area contributed by atoms with Crippen LogP contribution in [-0.2, 0) is 4.79 Å². The average Bonchev–Trinajstić information content (AvgIpc) is 2.46. The Balaban J connectivity index is 1.69. The number of carboxylic acid groups (broad SMARTS) is 1. The van der Waals surface area contributed by atoms with Gasteiger partial charge in [0.05, 0.1) is 5.92 Å². The molecule has 0 amide bonds. The van der Waals surface area contributed by atoms with Gasteiger partial charge in [-0.2, -0.15) is 0 Å². The fraction of sp³-hybridized carbons (Fsp3) is 0.941. The summed E-state index contributed by atoms with van der Waals surface area (Å²) in [5.41, 5.74) is 0. The number of hydrogen-bond donors (Lipinski definition) is 1. The highest BCUT2D eigenvalue weighted by molar-refractivity contribution is 5.69. The van der Waals surface area contributed by atoms with Crippen molar-refractivity contribution in [3.8, 4) is 0 Å². The number of carbonyl (C=O) groups is 1. The quantitative estimate of drug-likeness (QED) is 0.770. The average molecular weight is 266 g/mol. The van der Waals surface area contributed by atoms with E-state index in [2.05, 4.69) is 6.92 Å². The Bertz CT molecular complexity index is 271. The van der Waals surface area contributed by atoms with Gasteiger partial charge in [0.2, 0.25) is 0 Å². The smallest absolute Gasteiger partial charge is 0.306 e. The predicted molar refractivity (Wildman–Crippen MR) is 78.1 cm³/mol. The Morgan fingerprint density at radius 2 is 1.47 bits per heavy atom. The molecule has 1 N–H and O–H groups in total. The normalized spacial score (nSPS) is 36.1. The number of hydrogen-bond acceptors (Lipinski definition) is 1. The highest BCUT2D eigenvalue weighted by Crippen LogP contribution is 2.42. The molecule has 0 aromatic rings. The Morgan fingerprint density at radius 3 is 1.95 bits per heavy atom. The molecule has 2 saturated carbocycles. The van der Waals surface area contributed by atoms with Gasteiger partial charge in [0.25, 0.3) is 0 Å². The van der Waals surface area contributed by atoms with Crippen LogP contribution < -0.4 is 0 Å². The maximum Gasteiger partial charge on any atom is 0.306 e. The van der Waals surface area contributed by atoms with Crippen LogP contribution in [0.2, 0.25) is 0 Å². The van der Waals surface area contributed by atoms with Crippen molar-refractivity contribution in [2.75, 3.05) is 0 Å². The second-order valence-corrected chi connectivity index (χ2v) is 6.87. The summed E-state index contributed by atoms with van der Waals surface area (Å²) in [6.45, 7) is 2.28. The summed E-state index contributed by atoms with van der Waals surface area (Å²) in [5, 5.41) is 9.05. The van der Waals surface area contributed by atoms with Gasteiger partial charge < -0.3 is 5.11 Å². The van der Waals surface area contributed by atoms with Gasteiger partial charge in [-0.05, 0) is 56.3 Å². The molecule has 0 saturated heterocycles. The molecule has 0 radical (unpaired) electrons. The highest BCUT2D eigenvalue weighted by Gasteiger charge is 2.32. The lowest BCUT2D eigenvalue weighted by molar-refractivity contribution is -0.143. The first-order valence-corrected chi connectivity index (χ1v) is 8.43. The maximum atomic E-state index is 11.0. The lowest BCUT2D eigenvalue weighted by atomic mass is 9.68. The van der Waals surface area contributed by atoms with Crippen LogP contribution in [0.15, 0.2) is 0 Å². The molecule has 0 atom stereocenters. The Hall–Kier alpha value is -0.530.